The zero-order valence-electron chi connectivity index (χ0n) is 38.1. The summed E-state index contributed by atoms with van der Waals surface area (Å²) in [6, 6.07) is 16.9. The van der Waals surface area contributed by atoms with Gasteiger partial charge in [-0.1, -0.05) is 15.9 Å². The first-order valence-corrected chi connectivity index (χ1v) is 22.4. The number of aromatic nitrogens is 8. The van der Waals surface area contributed by atoms with Crippen LogP contribution >= 0.6 is 15.9 Å². The predicted octanol–water partition coefficient (Wildman–Crippen LogP) is 9.37. The lowest BCUT2D eigenvalue weighted by molar-refractivity contribution is 0.180. The van der Waals surface area contributed by atoms with Crippen molar-refractivity contribution in [3.63, 3.8) is 0 Å². The highest BCUT2D eigenvalue weighted by Gasteiger charge is 2.30. The van der Waals surface area contributed by atoms with Crippen molar-refractivity contribution in [3.8, 4) is 45.2 Å². The summed E-state index contributed by atoms with van der Waals surface area (Å²) >= 11 is 3.52. The molecule has 0 saturated carbocycles. The Morgan fingerprint density at radius 1 is 0.677 bits per heavy atom. The van der Waals surface area contributed by atoms with Crippen molar-refractivity contribution in [2.75, 3.05) is 64.5 Å². The van der Waals surface area contributed by atoms with Crippen molar-refractivity contribution in [3.05, 3.63) is 107 Å². The van der Waals surface area contributed by atoms with Crippen molar-refractivity contribution in [1.29, 1.82) is 0 Å². The zero-order chi connectivity index (χ0) is 45.6. The monoisotopic (exact) mass is 946 g/mol. The lowest BCUT2D eigenvalue weighted by atomic mass is 10.0. The number of halogens is 1. The maximum atomic E-state index is 5.76. The van der Waals surface area contributed by atoms with E-state index in [4.69, 9.17) is 43.5 Å². The first-order valence-electron chi connectivity index (χ1n) is 21.6. The molecule has 16 nitrogen and oxygen atoms in total. The molecule has 17 heteroatoms. The number of nitrogens with zero attached hydrogens (tertiary/aromatic N) is 10. The summed E-state index contributed by atoms with van der Waals surface area (Å²) in [7, 11) is 6.88. The third kappa shape index (κ3) is 9.44. The van der Waals surface area contributed by atoms with Gasteiger partial charge in [-0.15, -0.1) is 0 Å². The Morgan fingerprint density at radius 2 is 1.23 bits per heavy atom. The molecule has 2 fully saturated rings. The summed E-state index contributed by atoms with van der Waals surface area (Å²) < 4.78 is 37.2. The van der Waals surface area contributed by atoms with E-state index in [9.17, 15) is 0 Å². The molecule has 2 saturated heterocycles. The molecule has 0 unspecified atom stereocenters. The molecule has 2 atom stereocenters. The van der Waals surface area contributed by atoms with Gasteiger partial charge in [0.1, 0.15) is 35.7 Å². The number of anilines is 2. The van der Waals surface area contributed by atoms with E-state index in [0.717, 1.165) is 135 Å². The molecular formula is C48H55BrN10O6. The minimum absolute atomic E-state index is 0.340. The molecule has 2 aliphatic rings. The van der Waals surface area contributed by atoms with E-state index >= 15 is 0 Å². The molecule has 0 amide bonds. The zero-order valence-corrected chi connectivity index (χ0v) is 39.7. The third-order valence-electron chi connectivity index (χ3n) is 11.7. The van der Waals surface area contributed by atoms with Gasteiger partial charge in [-0.25, -0.2) is 19.9 Å². The van der Waals surface area contributed by atoms with Crippen LogP contribution in [0.15, 0.2) is 93.2 Å². The van der Waals surface area contributed by atoms with E-state index in [1.807, 2.05) is 67.1 Å². The smallest absolute Gasteiger partial charge is 0.225 e. The molecule has 8 heterocycles. The molecule has 0 radical (unpaired) electrons. The summed E-state index contributed by atoms with van der Waals surface area (Å²) in [5.74, 6) is 4.21. The summed E-state index contributed by atoms with van der Waals surface area (Å²) in [4.78, 5) is 22.3. The molecule has 2 aliphatic heterocycles. The van der Waals surface area contributed by atoms with Crippen LogP contribution in [0, 0.1) is 27.7 Å². The Balaban J connectivity index is 0.000000161. The molecule has 0 spiro atoms. The Bertz CT molecular complexity index is 2830. The number of hydrogen-bond acceptors (Lipinski definition) is 14. The van der Waals surface area contributed by atoms with E-state index in [-0.39, 0.29) is 0 Å². The molecule has 0 aliphatic carbocycles. The van der Waals surface area contributed by atoms with Crippen molar-refractivity contribution in [2.24, 2.45) is 0 Å². The highest BCUT2D eigenvalue weighted by molar-refractivity contribution is 9.10. The highest BCUT2D eigenvalue weighted by atomic mass is 79.9. The number of fused-ring (bicyclic) bond motifs is 2. The van der Waals surface area contributed by atoms with Crippen LogP contribution in [-0.2, 0) is 9.47 Å². The minimum atomic E-state index is 0.340. The second-order valence-electron chi connectivity index (χ2n) is 16.1. The summed E-state index contributed by atoms with van der Waals surface area (Å²) in [6.45, 7) is 11.5. The summed E-state index contributed by atoms with van der Waals surface area (Å²) in [5, 5.41) is 9.77. The van der Waals surface area contributed by atoms with Crippen LogP contribution in [0.2, 0.25) is 0 Å². The second kappa shape index (κ2) is 20.3. The van der Waals surface area contributed by atoms with Crippen LogP contribution in [0.25, 0.3) is 45.0 Å². The Hall–Kier alpha value is -6.30. The molecule has 0 bridgehead atoms. The van der Waals surface area contributed by atoms with Gasteiger partial charge in [0, 0.05) is 72.0 Å². The number of ether oxygens (including phenoxy) is 4. The SMILES string of the molecule is COC[C@@H]1CCCN1c1cc(C)nc2c(-c3ccc(-c4ncco4)cc3OC)c(C)nn12.COC[C@@H]1CCCN1c1cc(C)nc2c(-c3ccc(Br)cc3OC)c(C)nn12.c1cocn1. The normalized spacial score (nSPS) is 15.9. The molecule has 10 rings (SSSR count). The second-order valence-corrected chi connectivity index (χ2v) is 17.0. The number of oxazole rings is 2. The van der Waals surface area contributed by atoms with Gasteiger partial charge in [-0.05, 0) is 89.8 Å². The average molecular weight is 948 g/mol. The van der Waals surface area contributed by atoms with E-state index in [0.29, 0.717) is 24.6 Å². The van der Waals surface area contributed by atoms with Gasteiger partial charge in [0.05, 0.1) is 74.4 Å². The molecule has 8 aromatic rings. The van der Waals surface area contributed by atoms with E-state index < -0.39 is 0 Å². The summed E-state index contributed by atoms with van der Waals surface area (Å²) in [5.41, 5.74) is 10.2. The first kappa shape index (κ1) is 45.3. The largest absolute Gasteiger partial charge is 0.496 e. The van der Waals surface area contributed by atoms with Gasteiger partial charge in [0.15, 0.2) is 17.7 Å². The van der Waals surface area contributed by atoms with Gasteiger partial charge >= 0.3 is 0 Å². The maximum Gasteiger partial charge on any atom is 0.225 e. The Kier molecular flexibility index (Phi) is 14.1. The van der Waals surface area contributed by atoms with Gasteiger partial charge in [-0.2, -0.15) is 19.2 Å². The highest BCUT2D eigenvalue weighted by Crippen LogP contribution is 2.40. The number of rotatable bonds is 11. The van der Waals surface area contributed by atoms with Gasteiger partial charge in [-0.3, -0.25) is 0 Å². The fourth-order valence-corrected chi connectivity index (χ4v) is 9.28. The van der Waals surface area contributed by atoms with Gasteiger partial charge in [0.25, 0.3) is 0 Å². The Labute approximate surface area is 386 Å². The number of aryl methyl sites for hydroxylation is 4. The minimum Gasteiger partial charge on any atom is -0.496 e. The Morgan fingerprint density at radius 3 is 1.69 bits per heavy atom. The number of methoxy groups -OCH3 is 4. The quantitative estimate of drug-likeness (QED) is 0.121. The average Bonchev–Trinajstić information content (AvgIpc) is 4.17. The van der Waals surface area contributed by atoms with E-state index in [1.165, 1.54) is 12.7 Å². The lowest BCUT2D eigenvalue weighted by Gasteiger charge is -2.26. The molecule has 6 aromatic heterocycles. The van der Waals surface area contributed by atoms with Crippen molar-refractivity contribution in [2.45, 2.75) is 65.5 Å². The van der Waals surface area contributed by atoms with Crippen LogP contribution in [-0.4, -0.2) is 106 Å². The number of hydrogen-bond donors (Lipinski definition) is 0. The molecule has 65 heavy (non-hydrogen) atoms. The molecule has 2 aromatic carbocycles. The molecule has 340 valence electrons. The van der Waals surface area contributed by atoms with Crippen molar-refractivity contribution >= 4 is 38.9 Å². The fourth-order valence-electron chi connectivity index (χ4n) is 8.94. The van der Waals surface area contributed by atoms with Crippen molar-refractivity contribution in [1.82, 2.24) is 39.2 Å². The maximum absolute atomic E-state index is 5.76. The van der Waals surface area contributed by atoms with Crippen LogP contribution in [0.3, 0.4) is 0 Å². The first-order chi connectivity index (χ1) is 31.6. The molecular weight excluding hydrogens is 892 g/mol. The van der Waals surface area contributed by atoms with E-state index in [2.05, 4.69) is 58.3 Å². The number of benzene rings is 2. The van der Waals surface area contributed by atoms with Gasteiger partial charge in [0.2, 0.25) is 5.89 Å². The van der Waals surface area contributed by atoms with E-state index in [1.54, 1.807) is 47.1 Å². The van der Waals surface area contributed by atoms with Crippen LogP contribution < -0.4 is 19.3 Å². The van der Waals surface area contributed by atoms with Crippen molar-refractivity contribution < 1.29 is 27.8 Å². The topological polar surface area (TPSA) is 156 Å². The standard InChI is InChI=1S/C24H27N5O3.C21H25BrN4O2.C3H3NO/c1-15-12-21(28-10-5-6-18(28)14-30-3)29-23(26-15)22(16(2)27-29)19-8-7-17(13-20(19)31-4)24-25-9-11-32-24;1-13-10-19(25-9-5-6-16(25)12-27-3)26-21(23-13)20(14(2)24-26)17-8-7-15(22)11-18(17)28-4;1-2-5-3-4-1/h7-9,11-13,18H,5-6,10,14H2,1-4H3;7-8,10-11,16H,5-6,9,12H2,1-4H3;1-3H/t18-;16-;/m00./s1. The molecule has 0 N–H and O–H groups in total. The summed E-state index contributed by atoms with van der Waals surface area (Å²) in [6.07, 6.45) is 12.2. The van der Waals surface area contributed by atoms with Crippen LogP contribution in [0.1, 0.15) is 48.5 Å². The lowest BCUT2D eigenvalue weighted by Crippen LogP contribution is -2.34. The van der Waals surface area contributed by atoms with Gasteiger partial charge < -0.3 is 37.6 Å². The third-order valence-corrected chi connectivity index (χ3v) is 12.2. The fraction of sp³-hybridized carbons (Fsp3) is 0.375. The van der Waals surface area contributed by atoms with Crippen LogP contribution in [0.4, 0.5) is 11.6 Å². The van der Waals surface area contributed by atoms with Crippen LogP contribution in [0.5, 0.6) is 11.5 Å². The predicted molar refractivity (Wildman–Crippen MR) is 253 cm³/mol.